The number of carbonyl (C=O) groups excluding carboxylic acids is 3. The Labute approximate surface area is 222 Å². The van der Waals surface area contributed by atoms with E-state index < -0.39 is 29.6 Å². The molecule has 0 saturated carbocycles. The molecule has 0 aliphatic carbocycles. The first-order valence-corrected chi connectivity index (χ1v) is 11.8. The highest BCUT2D eigenvalue weighted by molar-refractivity contribution is 6.00. The van der Waals surface area contributed by atoms with Crippen molar-refractivity contribution in [3.8, 4) is 5.69 Å². The van der Waals surface area contributed by atoms with E-state index in [0.717, 1.165) is 11.6 Å². The third kappa shape index (κ3) is 6.74. The Balaban J connectivity index is 1.54. The van der Waals surface area contributed by atoms with E-state index in [1.54, 1.807) is 19.1 Å². The Hall–Kier alpha value is -5.26. The number of hydrogen-bond acceptors (Lipinski definition) is 8. The molecular formula is C27H24FN7O4. The minimum absolute atomic E-state index is 0.108. The van der Waals surface area contributed by atoms with E-state index >= 15 is 0 Å². The second-order valence-electron chi connectivity index (χ2n) is 8.38. The van der Waals surface area contributed by atoms with Gasteiger partial charge in [-0.2, -0.15) is 4.68 Å². The van der Waals surface area contributed by atoms with E-state index in [2.05, 4.69) is 35.9 Å². The zero-order chi connectivity index (χ0) is 27.8. The largest absolute Gasteiger partial charge is 0.465 e. The predicted molar refractivity (Wildman–Crippen MR) is 139 cm³/mol. The number of aryl methyl sites for hydroxylation is 1. The van der Waals surface area contributed by atoms with Crippen LogP contribution in [0.15, 0.2) is 73.2 Å². The third-order valence-electron chi connectivity index (χ3n) is 5.70. The standard InChI is InChI=1S/C27H24FN7O4/c1-17-8-11-22(35-16-30-33-34-35)20(25(17)28)10-13-24(36)31-21(14-18-6-4-3-5-7-18)26(37)32-23-12-9-19(15-29-23)27(38)39-2/h3-13,15-16,21H,14H2,1-2H3,(H,31,36)(H,29,32,37)/b13-10+/t21-/m0/s1. The SMILES string of the molecule is COC(=O)c1ccc(NC(=O)[C@H](Cc2ccccc2)NC(=O)/C=C/c2c(-n3cnnn3)ccc(C)c2F)nc1. The summed E-state index contributed by atoms with van der Waals surface area (Å²) in [6.45, 7) is 1.60. The zero-order valence-corrected chi connectivity index (χ0v) is 21.0. The summed E-state index contributed by atoms with van der Waals surface area (Å²) in [5, 5.41) is 16.3. The van der Waals surface area contributed by atoms with Crippen LogP contribution in [0.1, 0.15) is 27.0 Å². The van der Waals surface area contributed by atoms with Crippen LogP contribution >= 0.6 is 0 Å². The average molecular weight is 530 g/mol. The van der Waals surface area contributed by atoms with Crippen LogP contribution in [0, 0.1) is 12.7 Å². The third-order valence-corrected chi connectivity index (χ3v) is 5.70. The number of esters is 1. The molecule has 11 nitrogen and oxygen atoms in total. The summed E-state index contributed by atoms with van der Waals surface area (Å²) in [5.41, 5.74) is 1.85. The maximum Gasteiger partial charge on any atom is 0.339 e. The summed E-state index contributed by atoms with van der Waals surface area (Å²) in [5.74, 6) is -2.07. The molecule has 0 aliphatic rings. The zero-order valence-electron chi connectivity index (χ0n) is 21.0. The smallest absolute Gasteiger partial charge is 0.339 e. The first kappa shape index (κ1) is 26.8. The van der Waals surface area contributed by atoms with E-state index in [4.69, 9.17) is 0 Å². The number of rotatable bonds is 9. The van der Waals surface area contributed by atoms with Crippen LogP contribution in [0.2, 0.25) is 0 Å². The monoisotopic (exact) mass is 529 g/mol. The van der Waals surface area contributed by atoms with Gasteiger partial charge in [-0.1, -0.05) is 36.4 Å². The molecule has 2 aromatic carbocycles. The Kier molecular flexibility index (Phi) is 8.46. The summed E-state index contributed by atoms with van der Waals surface area (Å²) in [4.78, 5) is 41.7. The van der Waals surface area contributed by atoms with Crippen LogP contribution in [-0.2, 0) is 20.7 Å². The van der Waals surface area contributed by atoms with Crippen molar-refractivity contribution in [2.24, 2.45) is 0 Å². The molecule has 12 heteroatoms. The first-order chi connectivity index (χ1) is 18.9. The summed E-state index contributed by atoms with van der Waals surface area (Å²) in [7, 11) is 1.25. The van der Waals surface area contributed by atoms with Crippen molar-refractivity contribution in [3.05, 3.63) is 101 Å². The molecule has 0 spiro atoms. The van der Waals surface area contributed by atoms with Crippen molar-refractivity contribution in [1.82, 2.24) is 30.5 Å². The average Bonchev–Trinajstić information content (AvgIpc) is 3.49. The molecular weight excluding hydrogens is 505 g/mol. The number of amides is 2. The van der Waals surface area contributed by atoms with Gasteiger partial charge in [-0.3, -0.25) is 9.59 Å². The van der Waals surface area contributed by atoms with Gasteiger partial charge in [0.2, 0.25) is 11.8 Å². The van der Waals surface area contributed by atoms with Crippen LogP contribution in [0.25, 0.3) is 11.8 Å². The van der Waals surface area contributed by atoms with Crippen LogP contribution in [0.3, 0.4) is 0 Å². The molecule has 0 bridgehead atoms. The van der Waals surface area contributed by atoms with Crippen molar-refractivity contribution in [1.29, 1.82) is 0 Å². The van der Waals surface area contributed by atoms with Gasteiger partial charge in [0.05, 0.1) is 18.4 Å². The Morgan fingerprint density at radius 3 is 2.56 bits per heavy atom. The Bertz CT molecular complexity index is 1490. The molecule has 0 saturated heterocycles. The van der Waals surface area contributed by atoms with Gasteiger partial charge in [0.15, 0.2) is 0 Å². The number of aromatic nitrogens is 5. The number of methoxy groups -OCH3 is 1. The molecule has 4 aromatic rings. The van der Waals surface area contributed by atoms with E-state index in [1.165, 1.54) is 42.5 Å². The number of benzene rings is 2. The van der Waals surface area contributed by atoms with Crippen molar-refractivity contribution < 1.29 is 23.5 Å². The lowest BCUT2D eigenvalue weighted by Gasteiger charge is -2.18. The number of halogens is 1. The van der Waals surface area contributed by atoms with Gasteiger partial charge in [-0.25, -0.2) is 14.2 Å². The normalized spacial score (nSPS) is 11.7. The number of ether oxygens (including phenoxy) is 1. The van der Waals surface area contributed by atoms with Crippen LogP contribution in [0.4, 0.5) is 10.2 Å². The Morgan fingerprint density at radius 1 is 1.10 bits per heavy atom. The highest BCUT2D eigenvalue weighted by Crippen LogP contribution is 2.22. The fourth-order valence-corrected chi connectivity index (χ4v) is 3.68. The summed E-state index contributed by atoms with van der Waals surface area (Å²) >= 11 is 0. The number of nitrogens with one attached hydrogen (secondary N) is 2. The molecule has 39 heavy (non-hydrogen) atoms. The second-order valence-corrected chi connectivity index (χ2v) is 8.38. The Morgan fingerprint density at radius 2 is 1.90 bits per heavy atom. The fourth-order valence-electron chi connectivity index (χ4n) is 3.68. The summed E-state index contributed by atoms with van der Waals surface area (Å²) < 4.78 is 20.9. The molecule has 0 unspecified atom stereocenters. The molecule has 1 atom stereocenters. The second kappa shape index (κ2) is 12.3. The number of anilines is 1. The molecule has 0 fully saturated rings. The van der Waals surface area contributed by atoms with Crippen molar-refractivity contribution >= 4 is 29.7 Å². The number of carbonyl (C=O) groups is 3. The van der Waals surface area contributed by atoms with Gasteiger partial charge in [-0.05, 0) is 52.8 Å². The molecule has 2 heterocycles. The number of pyridine rings is 1. The predicted octanol–water partition coefficient (Wildman–Crippen LogP) is 2.67. The minimum Gasteiger partial charge on any atom is -0.465 e. The molecule has 198 valence electrons. The first-order valence-electron chi connectivity index (χ1n) is 11.8. The van der Waals surface area contributed by atoms with E-state index in [0.29, 0.717) is 11.3 Å². The quantitative estimate of drug-likeness (QED) is 0.249. The maximum absolute atomic E-state index is 15.0. The molecule has 4 rings (SSSR count). The van der Waals surface area contributed by atoms with Gasteiger partial charge in [-0.15, -0.1) is 5.10 Å². The highest BCUT2D eigenvalue weighted by Gasteiger charge is 2.22. The summed E-state index contributed by atoms with van der Waals surface area (Å²) in [6.07, 6.45) is 5.21. The number of hydrogen-bond donors (Lipinski definition) is 2. The summed E-state index contributed by atoms with van der Waals surface area (Å²) in [6, 6.07) is 14.3. The van der Waals surface area contributed by atoms with E-state index in [9.17, 15) is 18.8 Å². The molecule has 2 N–H and O–H groups in total. The maximum atomic E-state index is 15.0. The van der Waals surface area contributed by atoms with Crippen molar-refractivity contribution in [3.63, 3.8) is 0 Å². The lowest BCUT2D eigenvalue weighted by Crippen LogP contribution is -2.44. The van der Waals surface area contributed by atoms with Gasteiger partial charge in [0.1, 0.15) is 24.0 Å². The molecule has 2 aromatic heterocycles. The van der Waals surface area contributed by atoms with Crippen LogP contribution in [-0.4, -0.2) is 56.1 Å². The molecule has 0 radical (unpaired) electrons. The van der Waals surface area contributed by atoms with E-state index in [1.807, 2.05) is 30.3 Å². The lowest BCUT2D eigenvalue weighted by atomic mass is 10.0. The topological polar surface area (TPSA) is 141 Å². The number of nitrogens with zero attached hydrogens (tertiary/aromatic N) is 5. The minimum atomic E-state index is -0.993. The molecule has 2 amide bonds. The number of tetrazole rings is 1. The van der Waals surface area contributed by atoms with E-state index in [-0.39, 0.29) is 23.4 Å². The van der Waals surface area contributed by atoms with Gasteiger partial charge in [0, 0.05) is 24.3 Å². The van der Waals surface area contributed by atoms with Crippen molar-refractivity contribution in [2.45, 2.75) is 19.4 Å². The van der Waals surface area contributed by atoms with Gasteiger partial charge in [0.25, 0.3) is 0 Å². The van der Waals surface area contributed by atoms with Crippen LogP contribution in [0.5, 0.6) is 0 Å². The fraction of sp³-hybridized carbons (Fsp3) is 0.148. The van der Waals surface area contributed by atoms with Gasteiger partial charge >= 0.3 is 5.97 Å². The lowest BCUT2D eigenvalue weighted by molar-refractivity contribution is -0.123. The van der Waals surface area contributed by atoms with Crippen molar-refractivity contribution in [2.75, 3.05) is 12.4 Å². The molecule has 0 aliphatic heterocycles. The van der Waals surface area contributed by atoms with Crippen LogP contribution < -0.4 is 10.6 Å². The van der Waals surface area contributed by atoms with Gasteiger partial charge < -0.3 is 15.4 Å². The highest BCUT2D eigenvalue weighted by atomic mass is 19.1.